The van der Waals surface area contributed by atoms with Crippen LogP contribution in [0.1, 0.15) is 12.8 Å². The van der Waals surface area contributed by atoms with Gasteiger partial charge in [-0.2, -0.15) is 5.10 Å². The Bertz CT molecular complexity index is 561. The third-order valence-corrected chi connectivity index (χ3v) is 4.84. The molecule has 5 heteroatoms. The van der Waals surface area contributed by atoms with Gasteiger partial charge in [0.15, 0.2) is 0 Å². The van der Waals surface area contributed by atoms with E-state index < -0.39 is 0 Å². The van der Waals surface area contributed by atoms with Gasteiger partial charge in [-0.05, 0) is 66.7 Å². The van der Waals surface area contributed by atoms with Crippen molar-refractivity contribution in [3.8, 4) is 0 Å². The average molecular weight is 376 g/mol. The van der Waals surface area contributed by atoms with E-state index in [0.717, 1.165) is 29.0 Å². The van der Waals surface area contributed by atoms with E-state index in [2.05, 4.69) is 37.3 Å². The normalized spacial score (nSPS) is 16.8. The first kappa shape index (κ1) is 12.7. The maximum atomic E-state index is 6.03. The molecule has 1 saturated heterocycles. The number of benzene rings is 1. The van der Waals surface area contributed by atoms with E-state index in [4.69, 9.17) is 11.6 Å². The molecular weight excluding hydrogens is 361 g/mol. The predicted octanol–water partition coefficient (Wildman–Crippen LogP) is 3.39. The lowest BCUT2D eigenvalue weighted by molar-refractivity contribution is 0.315. The fraction of sp³-hybridized carbons (Fsp3) is 0.462. The molecule has 1 aliphatic rings. The number of aromatic nitrogens is 2. The van der Waals surface area contributed by atoms with Crippen LogP contribution in [0.5, 0.6) is 0 Å². The summed E-state index contributed by atoms with van der Waals surface area (Å²) in [5.41, 5.74) is 1.03. The summed E-state index contributed by atoms with van der Waals surface area (Å²) >= 11 is 8.39. The molecule has 0 amide bonds. The minimum Gasteiger partial charge on any atom is -0.301 e. The Morgan fingerprint density at radius 2 is 2.00 bits per heavy atom. The first-order valence-electron chi connectivity index (χ1n) is 6.28. The van der Waals surface area contributed by atoms with Crippen LogP contribution in [0.4, 0.5) is 0 Å². The first-order chi connectivity index (χ1) is 8.74. The standard InChI is InChI=1S/C13H15ClIN3/c14-10-3-4-12-11(9-10)13(15)18(16-12)8-7-17-5-1-2-6-17/h3-4,9H,1-2,5-8H2. The Kier molecular flexibility index (Phi) is 3.77. The van der Waals surface area contributed by atoms with Gasteiger partial charge in [0.25, 0.3) is 0 Å². The number of rotatable bonds is 3. The van der Waals surface area contributed by atoms with Gasteiger partial charge in [-0.3, -0.25) is 4.68 Å². The maximum absolute atomic E-state index is 6.03. The molecule has 0 spiro atoms. The van der Waals surface area contributed by atoms with E-state index in [1.54, 1.807) is 0 Å². The topological polar surface area (TPSA) is 21.1 Å². The molecule has 1 aromatic carbocycles. The smallest absolute Gasteiger partial charge is 0.107 e. The fourth-order valence-electron chi connectivity index (χ4n) is 2.46. The van der Waals surface area contributed by atoms with Crippen molar-refractivity contribution < 1.29 is 0 Å². The van der Waals surface area contributed by atoms with Crippen LogP contribution in [0, 0.1) is 3.70 Å². The minimum absolute atomic E-state index is 0.777. The molecule has 0 aliphatic carbocycles. The van der Waals surface area contributed by atoms with Crippen LogP contribution in [-0.4, -0.2) is 34.3 Å². The molecule has 0 bridgehead atoms. The van der Waals surface area contributed by atoms with Crippen molar-refractivity contribution in [2.75, 3.05) is 19.6 Å². The summed E-state index contributed by atoms with van der Waals surface area (Å²) in [6, 6.07) is 5.89. The maximum Gasteiger partial charge on any atom is 0.107 e. The van der Waals surface area contributed by atoms with Crippen molar-refractivity contribution in [1.29, 1.82) is 0 Å². The van der Waals surface area contributed by atoms with Gasteiger partial charge in [0.05, 0.1) is 12.1 Å². The Hall–Kier alpha value is -0.330. The molecule has 0 N–H and O–H groups in total. The second-order valence-electron chi connectivity index (χ2n) is 4.72. The molecule has 2 heterocycles. The average Bonchev–Trinajstić information content (AvgIpc) is 2.97. The summed E-state index contributed by atoms with van der Waals surface area (Å²) in [4.78, 5) is 2.51. The largest absolute Gasteiger partial charge is 0.301 e. The lowest BCUT2D eigenvalue weighted by Crippen LogP contribution is -2.24. The number of halogens is 2. The van der Waals surface area contributed by atoms with E-state index in [0.29, 0.717) is 0 Å². The molecule has 3 rings (SSSR count). The number of hydrogen-bond donors (Lipinski definition) is 0. The lowest BCUT2D eigenvalue weighted by atomic mass is 10.3. The van der Waals surface area contributed by atoms with Gasteiger partial charge in [-0.25, -0.2) is 0 Å². The molecule has 1 fully saturated rings. The molecule has 0 unspecified atom stereocenters. The molecule has 0 atom stereocenters. The van der Waals surface area contributed by atoms with E-state index >= 15 is 0 Å². The van der Waals surface area contributed by atoms with E-state index in [1.807, 2.05) is 18.2 Å². The van der Waals surface area contributed by atoms with Crippen LogP contribution in [0.3, 0.4) is 0 Å². The van der Waals surface area contributed by atoms with Crippen molar-refractivity contribution in [2.45, 2.75) is 19.4 Å². The highest BCUT2D eigenvalue weighted by molar-refractivity contribution is 14.1. The van der Waals surface area contributed by atoms with Crippen LogP contribution < -0.4 is 0 Å². The summed E-state index contributed by atoms with van der Waals surface area (Å²) < 4.78 is 3.28. The molecule has 3 nitrogen and oxygen atoms in total. The third-order valence-electron chi connectivity index (χ3n) is 3.46. The van der Waals surface area contributed by atoms with E-state index in [-0.39, 0.29) is 0 Å². The Morgan fingerprint density at radius 1 is 1.22 bits per heavy atom. The van der Waals surface area contributed by atoms with Crippen molar-refractivity contribution in [3.63, 3.8) is 0 Å². The molecular formula is C13H15ClIN3. The van der Waals surface area contributed by atoms with Crippen LogP contribution in [-0.2, 0) is 6.54 Å². The van der Waals surface area contributed by atoms with Crippen molar-refractivity contribution in [1.82, 2.24) is 14.7 Å². The summed E-state index contributed by atoms with van der Waals surface area (Å²) in [5.74, 6) is 0. The summed E-state index contributed by atoms with van der Waals surface area (Å²) in [5, 5.41) is 6.57. The summed E-state index contributed by atoms with van der Waals surface area (Å²) in [6.07, 6.45) is 2.68. The highest BCUT2D eigenvalue weighted by atomic mass is 127. The molecule has 1 aromatic heterocycles. The van der Waals surface area contributed by atoms with Gasteiger partial charge < -0.3 is 4.90 Å². The lowest BCUT2D eigenvalue weighted by Gasteiger charge is -2.14. The third kappa shape index (κ3) is 2.51. The minimum atomic E-state index is 0.777. The van der Waals surface area contributed by atoms with Crippen LogP contribution in [0.25, 0.3) is 10.9 Å². The molecule has 2 aromatic rings. The zero-order valence-corrected chi connectivity index (χ0v) is 13.0. The first-order valence-corrected chi connectivity index (χ1v) is 7.73. The van der Waals surface area contributed by atoms with Gasteiger partial charge in [0.2, 0.25) is 0 Å². The zero-order valence-electron chi connectivity index (χ0n) is 10.1. The second-order valence-corrected chi connectivity index (χ2v) is 6.18. The molecule has 96 valence electrons. The molecule has 0 radical (unpaired) electrons. The second kappa shape index (κ2) is 5.35. The zero-order chi connectivity index (χ0) is 12.5. The van der Waals surface area contributed by atoms with Gasteiger partial charge >= 0.3 is 0 Å². The van der Waals surface area contributed by atoms with Gasteiger partial charge in [-0.1, -0.05) is 11.6 Å². The SMILES string of the molecule is Clc1ccc2nn(CCN3CCCC3)c(I)c2c1. The highest BCUT2D eigenvalue weighted by Crippen LogP contribution is 2.23. The van der Waals surface area contributed by atoms with Crippen molar-refractivity contribution in [2.24, 2.45) is 0 Å². The summed E-state index contributed by atoms with van der Waals surface area (Å²) in [6.45, 7) is 4.54. The summed E-state index contributed by atoms with van der Waals surface area (Å²) in [7, 11) is 0. The van der Waals surface area contributed by atoms with E-state index in [9.17, 15) is 0 Å². The van der Waals surface area contributed by atoms with Gasteiger partial charge in [0.1, 0.15) is 3.70 Å². The van der Waals surface area contributed by atoms with Crippen LogP contribution in [0.2, 0.25) is 5.02 Å². The van der Waals surface area contributed by atoms with Crippen molar-refractivity contribution in [3.05, 3.63) is 26.9 Å². The van der Waals surface area contributed by atoms with Gasteiger partial charge in [0, 0.05) is 17.0 Å². The number of fused-ring (bicyclic) bond motifs is 1. The molecule has 18 heavy (non-hydrogen) atoms. The van der Waals surface area contributed by atoms with Crippen LogP contribution >= 0.6 is 34.2 Å². The molecule has 0 saturated carbocycles. The Morgan fingerprint density at radius 3 is 2.78 bits per heavy atom. The molecule has 1 aliphatic heterocycles. The van der Waals surface area contributed by atoms with Crippen molar-refractivity contribution >= 4 is 45.1 Å². The quantitative estimate of drug-likeness (QED) is 0.767. The Balaban J connectivity index is 1.81. The fourth-order valence-corrected chi connectivity index (χ4v) is 3.42. The van der Waals surface area contributed by atoms with Gasteiger partial charge in [-0.15, -0.1) is 0 Å². The predicted molar refractivity (Wildman–Crippen MR) is 83.1 cm³/mol. The highest BCUT2D eigenvalue weighted by Gasteiger charge is 2.13. The monoisotopic (exact) mass is 375 g/mol. The number of hydrogen-bond acceptors (Lipinski definition) is 2. The Labute approximate surface area is 125 Å². The number of likely N-dealkylation sites (tertiary alicyclic amines) is 1. The van der Waals surface area contributed by atoms with E-state index in [1.165, 1.54) is 29.6 Å². The number of nitrogens with zero attached hydrogens (tertiary/aromatic N) is 3. The van der Waals surface area contributed by atoms with Crippen LogP contribution in [0.15, 0.2) is 18.2 Å².